The standard InChI is InChI=1S/C13H22O6/c1-16-12-10(15)9(14)11-8(18-12)7-17-13(19-11)5-3-2-4-6-13/h8-12,14-15H,2-7H2,1H3/t8?,9-,10-,11?,12?/m1/s1. The van der Waals surface area contributed by atoms with Gasteiger partial charge in [0.1, 0.15) is 24.4 Å². The van der Waals surface area contributed by atoms with Crippen molar-refractivity contribution in [1.82, 2.24) is 0 Å². The smallest absolute Gasteiger partial charge is 0.186 e. The fourth-order valence-corrected chi connectivity index (χ4v) is 3.25. The van der Waals surface area contributed by atoms with E-state index >= 15 is 0 Å². The Morgan fingerprint density at radius 3 is 2.53 bits per heavy atom. The van der Waals surface area contributed by atoms with Crippen LogP contribution in [0.15, 0.2) is 0 Å². The van der Waals surface area contributed by atoms with Crippen LogP contribution in [-0.2, 0) is 18.9 Å². The maximum absolute atomic E-state index is 10.2. The minimum atomic E-state index is -1.09. The van der Waals surface area contributed by atoms with Gasteiger partial charge in [-0.05, 0) is 12.8 Å². The maximum Gasteiger partial charge on any atom is 0.186 e. The molecule has 0 radical (unpaired) electrons. The molecule has 6 heteroatoms. The molecule has 0 bridgehead atoms. The van der Waals surface area contributed by atoms with Gasteiger partial charge in [-0.15, -0.1) is 0 Å². The zero-order chi connectivity index (χ0) is 13.5. The van der Waals surface area contributed by atoms with Gasteiger partial charge in [0.25, 0.3) is 0 Å². The highest BCUT2D eigenvalue weighted by Gasteiger charge is 2.52. The van der Waals surface area contributed by atoms with Gasteiger partial charge in [0, 0.05) is 20.0 Å². The molecule has 3 rings (SSSR count). The van der Waals surface area contributed by atoms with Crippen molar-refractivity contribution in [3.63, 3.8) is 0 Å². The topological polar surface area (TPSA) is 77.4 Å². The van der Waals surface area contributed by atoms with Gasteiger partial charge in [0.15, 0.2) is 12.1 Å². The van der Waals surface area contributed by atoms with Gasteiger partial charge in [0.2, 0.25) is 0 Å². The van der Waals surface area contributed by atoms with Crippen LogP contribution in [0.1, 0.15) is 32.1 Å². The number of rotatable bonds is 1. The summed E-state index contributed by atoms with van der Waals surface area (Å²) in [7, 11) is 1.44. The van der Waals surface area contributed by atoms with Crippen LogP contribution in [-0.4, -0.2) is 60.4 Å². The Balaban J connectivity index is 1.73. The molecule has 1 spiro atoms. The van der Waals surface area contributed by atoms with Crippen molar-refractivity contribution < 1.29 is 29.2 Å². The molecule has 0 aromatic heterocycles. The van der Waals surface area contributed by atoms with Crippen LogP contribution < -0.4 is 0 Å². The van der Waals surface area contributed by atoms with Crippen molar-refractivity contribution in [3.05, 3.63) is 0 Å². The Bertz CT molecular complexity index is 314. The van der Waals surface area contributed by atoms with Gasteiger partial charge in [-0.3, -0.25) is 0 Å². The Kier molecular flexibility index (Phi) is 3.81. The van der Waals surface area contributed by atoms with E-state index in [4.69, 9.17) is 18.9 Å². The number of hydrogen-bond donors (Lipinski definition) is 2. The van der Waals surface area contributed by atoms with Gasteiger partial charge >= 0.3 is 0 Å². The van der Waals surface area contributed by atoms with Crippen LogP contribution in [0, 0.1) is 0 Å². The van der Waals surface area contributed by atoms with Crippen molar-refractivity contribution in [2.24, 2.45) is 0 Å². The summed E-state index contributed by atoms with van der Waals surface area (Å²) in [5.41, 5.74) is 0. The zero-order valence-electron chi connectivity index (χ0n) is 11.2. The maximum atomic E-state index is 10.2. The molecule has 2 saturated heterocycles. The molecule has 110 valence electrons. The summed E-state index contributed by atoms with van der Waals surface area (Å²) in [5.74, 6) is -0.594. The molecule has 5 atom stereocenters. The molecule has 2 aliphatic heterocycles. The third kappa shape index (κ3) is 2.41. The van der Waals surface area contributed by atoms with Gasteiger partial charge < -0.3 is 29.2 Å². The van der Waals surface area contributed by atoms with Gasteiger partial charge in [0.05, 0.1) is 6.61 Å². The minimum absolute atomic E-state index is 0.369. The fraction of sp³-hybridized carbons (Fsp3) is 1.00. The molecule has 1 aliphatic carbocycles. The van der Waals surface area contributed by atoms with Gasteiger partial charge in [-0.25, -0.2) is 0 Å². The summed E-state index contributed by atoms with van der Waals surface area (Å²) >= 11 is 0. The van der Waals surface area contributed by atoms with Crippen molar-refractivity contribution in [3.8, 4) is 0 Å². The zero-order valence-corrected chi connectivity index (χ0v) is 11.2. The Hall–Kier alpha value is -0.240. The molecule has 3 unspecified atom stereocenters. The van der Waals surface area contributed by atoms with Crippen LogP contribution in [0.2, 0.25) is 0 Å². The summed E-state index contributed by atoms with van der Waals surface area (Å²) in [6.45, 7) is 0.369. The highest BCUT2D eigenvalue weighted by atomic mass is 16.8. The van der Waals surface area contributed by atoms with Crippen molar-refractivity contribution in [1.29, 1.82) is 0 Å². The summed E-state index contributed by atoms with van der Waals surface area (Å²) in [6.07, 6.45) is 1.13. The molecule has 1 saturated carbocycles. The van der Waals surface area contributed by atoms with E-state index in [0.717, 1.165) is 25.7 Å². The highest BCUT2D eigenvalue weighted by molar-refractivity contribution is 4.95. The van der Waals surface area contributed by atoms with E-state index in [1.165, 1.54) is 13.5 Å². The number of aliphatic hydroxyl groups excluding tert-OH is 2. The fourth-order valence-electron chi connectivity index (χ4n) is 3.25. The summed E-state index contributed by atoms with van der Waals surface area (Å²) in [4.78, 5) is 0. The predicted molar refractivity (Wildman–Crippen MR) is 64.3 cm³/mol. The van der Waals surface area contributed by atoms with Crippen LogP contribution in [0.25, 0.3) is 0 Å². The first-order valence-electron chi connectivity index (χ1n) is 7.01. The predicted octanol–water partition coefficient (Wildman–Crippen LogP) is 0.155. The average molecular weight is 274 g/mol. The largest absolute Gasteiger partial charge is 0.387 e. The first-order chi connectivity index (χ1) is 9.15. The summed E-state index contributed by atoms with van der Waals surface area (Å²) < 4.78 is 22.4. The number of hydrogen-bond acceptors (Lipinski definition) is 6. The average Bonchev–Trinajstić information content (AvgIpc) is 2.44. The van der Waals surface area contributed by atoms with E-state index in [1.807, 2.05) is 0 Å². The Labute approximate surface area is 112 Å². The first kappa shape index (κ1) is 13.7. The summed E-state index contributed by atoms with van der Waals surface area (Å²) in [6, 6.07) is 0. The molecule has 0 amide bonds. The lowest BCUT2D eigenvalue weighted by Crippen LogP contribution is -2.65. The minimum Gasteiger partial charge on any atom is -0.387 e. The molecule has 3 fully saturated rings. The molecule has 0 aromatic rings. The van der Waals surface area contributed by atoms with Gasteiger partial charge in [-0.2, -0.15) is 0 Å². The SMILES string of the molecule is COC1OC2COC3(CCCCC3)OC2[C@H](O)[C@H]1O. The van der Waals surface area contributed by atoms with E-state index in [2.05, 4.69) is 0 Å². The Morgan fingerprint density at radius 2 is 1.84 bits per heavy atom. The lowest BCUT2D eigenvalue weighted by Gasteiger charge is -2.51. The van der Waals surface area contributed by atoms with E-state index in [9.17, 15) is 10.2 Å². The first-order valence-corrected chi connectivity index (χ1v) is 7.01. The number of fused-ring (bicyclic) bond motifs is 1. The molecule has 2 N–H and O–H groups in total. The normalized spacial score (nSPS) is 45.9. The van der Waals surface area contributed by atoms with Crippen LogP contribution in [0.4, 0.5) is 0 Å². The van der Waals surface area contributed by atoms with Crippen LogP contribution in [0.5, 0.6) is 0 Å². The summed E-state index contributed by atoms with van der Waals surface area (Å²) in [5, 5.41) is 20.1. The molecular formula is C13H22O6. The number of aliphatic hydroxyl groups is 2. The highest BCUT2D eigenvalue weighted by Crippen LogP contribution is 2.40. The molecule has 0 aromatic carbocycles. The van der Waals surface area contributed by atoms with Crippen molar-refractivity contribution in [2.75, 3.05) is 13.7 Å². The van der Waals surface area contributed by atoms with Crippen molar-refractivity contribution in [2.45, 2.75) is 68.6 Å². The second-order valence-electron chi connectivity index (χ2n) is 5.62. The molecular weight excluding hydrogens is 252 g/mol. The van der Waals surface area contributed by atoms with E-state index < -0.39 is 36.5 Å². The third-order valence-corrected chi connectivity index (χ3v) is 4.35. The lowest BCUT2D eigenvalue weighted by atomic mass is 9.90. The van der Waals surface area contributed by atoms with Crippen LogP contribution in [0.3, 0.4) is 0 Å². The quantitative estimate of drug-likeness (QED) is 0.709. The van der Waals surface area contributed by atoms with E-state index in [0.29, 0.717) is 6.61 Å². The second kappa shape index (κ2) is 5.27. The number of ether oxygens (including phenoxy) is 4. The molecule has 3 aliphatic rings. The van der Waals surface area contributed by atoms with E-state index in [-0.39, 0.29) is 0 Å². The van der Waals surface area contributed by atoms with Gasteiger partial charge in [-0.1, -0.05) is 6.42 Å². The lowest BCUT2D eigenvalue weighted by molar-refractivity contribution is -0.393. The molecule has 6 nitrogen and oxygen atoms in total. The third-order valence-electron chi connectivity index (χ3n) is 4.35. The second-order valence-corrected chi connectivity index (χ2v) is 5.62. The monoisotopic (exact) mass is 274 g/mol. The van der Waals surface area contributed by atoms with E-state index in [1.54, 1.807) is 0 Å². The molecule has 19 heavy (non-hydrogen) atoms. The van der Waals surface area contributed by atoms with Crippen LogP contribution >= 0.6 is 0 Å². The molecule has 2 heterocycles. The number of methoxy groups -OCH3 is 1. The van der Waals surface area contributed by atoms with Crippen molar-refractivity contribution >= 4 is 0 Å². The Morgan fingerprint density at radius 1 is 1.11 bits per heavy atom.